The summed E-state index contributed by atoms with van der Waals surface area (Å²) in [7, 11) is 0. The van der Waals surface area contributed by atoms with Crippen LogP contribution in [0.3, 0.4) is 0 Å². The summed E-state index contributed by atoms with van der Waals surface area (Å²) < 4.78 is 4.98. The zero-order valence-corrected chi connectivity index (χ0v) is 11.7. The summed E-state index contributed by atoms with van der Waals surface area (Å²) in [6, 6.07) is 0. The van der Waals surface area contributed by atoms with Crippen molar-refractivity contribution in [1.29, 1.82) is 0 Å². The molecule has 0 aromatic rings. The zero-order chi connectivity index (χ0) is 14.2. The molecule has 0 radical (unpaired) electrons. The number of amides is 2. The van der Waals surface area contributed by atoms with Crippen molar-refractivity contribution in [1.82, 2.24) is 10.2 Å². The summed E-state index contributed by atoms with van der Waals surface area (Å²) in [5.41, 5.74) is -0.378. The van der Waals surface area contributed by atoms with E-state index >= 15 is 0 Å². The molecule has 0 heterocycles. The van der Waals surface area contributed by atoms with Crippen LogP contribution < -0.4 is 5.32 Å². The maximum Gasteiger partial charge on any atom is 0.312 e. The van der Waals surface area contributed by atoms with Gasteiger partial charge in [-0.05, 0) is 27.7 Å². The van der Waals surface area contributed by atoms with Crippen LogP contribution in [0.1, 0.15) is 27.7 Å². The van der Waals surface area contributed by atoms with Crippen LogP contribution in [0.15, 0.2) is 0 Å². The van der Waals surface area contributed by atoms with Crippen molar-refractivity contribution in [3.8, 4) is 0 Å². The molecule has 6 heteroatoms. The second-order valence-corrected chi connectivity index (χ2v) is 4.81. The molecule has 0 atom stereocenters. The third kappa shape index (κ3) is 5.97. The number of rotatable bonds is 6. The van der Waals surface area contributed by atoms with Gasteiger partial charge in [0.05, 0.1) is 19.8 Å². The standard InChI is InChI=1S/C12H24N2O4/c1-5-14(12(2,3)4)11(17)10(16)13-6-8-18-9-7-15/h15H,5-9H2,1-4H3,(H,13,16). The first-order valence-electron chi connectivity index (χ1n) is 6.13. The van der Waals surface area contributed by atoms with E-state index in [0.717, 1.165) is 0 Å². The lowest BCUT2D eigenvalue weighted by atomic mass is 10.1. The molecule has 0 bridgehead atoms. The van der Waals surface area contributed by atoms with Crippen LogP contribution in [0.25, 0.3) is 0 Å². The van der Waals surface area contributed by atoms with Gasteiger partial charge in [0.25, 0.3) is 0 Å². The third-order valence-electron chi connectivity index (χ3n) is 2.33. The molecule has 6 nitrogen and oxygen atoms in total. The quantitative estimate of drug-likeness (QED) is 0.510. The molecule has 0 aliphatic rings. The number of hydrogen-bond donors (Lipinski definition) is 2. The summed E-state index contributed by atoms with van der Waals surface area (Å²) in [6.07, 6.45) is 0. The van der Waals surface area contributed by atoms with Crippen LogP contribution in [0.5, 0.6) is 0 Å². The minimum atomic E-state index is -0.626. The van der Waals surface area contributed by atoms with Gasteiger partial charge in [-0.15, -0.1) is 0 Å². The van der Waals surface area contributed by atoms with E-state index in [1.807, 2.05) is 27.7 Å². The maximum atomic E-state index is 11.9. The van der Waals surface area contributed by atoms with Crippen LogP contribution in [-0.2, 0) is 14.3 Å². The highest BCUT2D eigenvalue weighted by Gasteiger charge is 2.29. The van der Waals surface area contributed by atoms with E-state index in [0.29, 0.717) is 6.54 Å². The zero-order valence-electron chi connectivity index (χ0n) is 11.7. The molecular formula is C12H24N2O4. The number of nitrogens with zero attached hydrogens (tertiary/aromatic N) is 1. The van der Waals surface area contributed by atoms with Crippen LogP contribution in [0, 0.1) is 0 Å². The van der Waals surface area contributed by atoms with Crippen molar-refractivity contribution < 1.29 is 19.4 Å². The lowest BCUT2D eigenvalue weighted by Crippen LogP contribution is -2.51. The van der Waals surface area contributed by atoms with Crippen molar-refractivity contribution >= 4 is 11.8 Å². The van der Waals surface area contributed by atoms with E-state index in [2.05, 4.69) is 5.32 Å². The first-order chi connectivity index (χ1) is 8.34. The third-order valence-corrected chi connectivity index (χ3v) is 2.33. The van der Waals surface area contributed by atoms with Gasteiger partial charge in [0.2, 0.25) is 0 Å². The molecule has 0 aliphatic heterocycles. The average Bonchev–Trinajstić information content (AvgIpc) is 2.27. The van der Waals surface area contributed by atoms with E-state index in [9.17, 15) is 9.59 Å². The Kier molecular flexibility index (Phi) is 7.54. The number of aliphatic hydroxyl groups is 1. The molecule has 0 rings (SSSR count). The van der Waals surface area contributed by atoms with E-state index in [1.54, 1.807) is 0 Å². The van der Waals surface area contributed by atoms with Gasteiger partial charge in [0, 0.05) is 18.6 Å². The van der Waals surface area contributed by atoms with Crippen molar-refractivity contribution in [2.24, 2.45) is 0 Å². The molecule has 2 amide bonds. The number of hydrogen-bond acceptors (Lipinski definition) is 4. The Balaban J connectivity index is 4.13. The molecular weight excluding hydrogens is 236 g/mol. The predicted octanol–water partition coefficient (Wildman–Crippen LogP) is -0.241. The maximum absolute atomic E-state index is 11.9. The van der Waals surface area contributed by atoms with Crippen LogP contribution >= 0.6 is 0 Å². The van der Waals surface area contributed by atoms with Gasteiger partial charge in [0.15, 0.2) is 0 Å². The molecule has 0 aliphatic carbocycles. The van der Waals surface area contributed by atoms with E-state index in [1.165, 1.54) is 4.90 Å². The second kappa shape index (κ2) is 8.05. The fourth-order valence-corrected chi connectivity index (χ4v) is 1.52. The topological polar surface area (TPSA) is 78.9 Å². The summed E-state index contributed by atoms with van der Waals surface area (Å²) >= 11 is 0. The summed E-state index contributed by atoms with van der Waals surface area (Å²) in [5, 5.41) is 11.0. The van der Waals surface area contributed by atoms with Crippen LogP contribution in [-0.4, -0.2) is 60.3 Å². The lowest BCUT2D eigenvalue weighted by molar-refractivity contribution is -0.149. The molecule has 0 aromatic carbocycles. The minimum absolute atomic E-state index is 0.0550. The Morgan fingerprint density at radius 1 is 1.28 bits per heavy atom. The Morgan fingerprint density at radius 3 is 2.33 bits per heavy atom. The first kappa shape index (κ1) is 16.9. The van der Waals surface area contributed by atoms with E-state index < -0.39 is 11.8 Å². The van der Waals surface area contributed by atoms with Gasteiger partial charge < -0.3 is 20.1 Å². The van der Waals surface area contributed by atoms with Gasteiger partial charge in [-0.25, -0.2) is 0 Å². The van der Waals surface area contributed by atoms with Gasteiger partial charge in [-0.2, -0.15) is 0 Å². The highest BCUT2D eigenvalue weighted by molar-refractivity contribution is 6.35. The summed E-state index contributed by atoms with van der Waals surface area (Å²) in [6.45, 7) is 8.67. The van der Waals surface area contributed by atoms with E-state index in [4.69, 9.17) is 9.84 Å². The second-order valence-electron chi connectivity index (χ2n) is 4.81. The molecule has 0 spiro atoms. The Bertz CT molecular complexity index is 274. The monoisotopic (exact) mass is 260 g/mol. The number of ether oxygens (including phenoxy) is 1. The Hall–Kier alpha value is -1.14. The largest absolute Gasteiger partial charge is 0.394 e. The van der Waals surface area contributed by atoms with Gasteiger partial charge in [-0.1, -0.05) is 0 Å². The molecule has 0 fully saturated rings. The Labute approximate surface area is 108 Å². The van der Waals surface area contributed by atoms with Crippen molar-refractivity contribution in [3.63, 3.8) is 0 Å². The number of carbonyl (C=O) groups excluding carboxylic acids is 2. The predicted molar refractivity (Wildman–Crippen MR) is 68.1 cm³/mol. The highest BCUT2D eigenvalue weighted by atomic mass is 16.5. The molecule has 0 aromatic heterocycles. The Morgan fingerprint density at radius 2 is 1.89 bits per heavy atom. The van der Waals surface area contributed by atoms with Crippen molar-refractivity contribution in [3.05, 3.63) is 0 Å². The number of nitrogens with one attached hydrogen (secondary N) is 1. The molecule has 18 heavy (non-hydrogen) atoms. The molecule has 0 saturated heterocycles. The van der Waals surface area contributed by atoms with E-state index in [-0.39, 0.29) is 31.9 Å². The van der Waals surface area contributed by atoms with Crippen molar-refractivity contribution in [2.75, 3.05) is 32.9 Å². The summed E-state index contributed by atoms with van der Waals surface area (Å²) in [4.78, 5) is 25.0. The number of aliphatic hydroxyl groups excluding tert-OH is 1. The molecule has 0 saturated carbocycles. The average molecular weight is 260 g/mol. The van der Waals surface area contributed by atoms with Crippen LogP contribution in [0.2, 0.25) is 0 Å². The fraction of sp³-hybridized carbons (Fsp3) is 0.833. The fourth-order valence-electron chi connectivity index (χ4n) is 1.52. The van der Waals surface area contributed by atoms with Gasteiger partial charge >= 0.3 is 11.8 Å². The van der Waals surface area contributed by atoms with Gasteiger partial charge in [-0.3, -0.25) is 9.59 Å². The molecule has 2 N–H and O–H groups in total. The van der Waals surface area contributed by atoms with Crippen LogP contribution in [0.4, 0.5) is 0 Å². The summed E-state index contributed by atoms with van der Waals surface area (Å²) in [5.74, 6) is -1.16. The minimum Gasteiger partial charge on any atom is -0.394 e. The lowest BCUT2D eigenvalue weighted by Gasteiger charge is -2.34. The van der Waals surface area contributed by atoms with Crippen molar-refractivity contribution in [2.45, 2.75) is 33.2 Å². The number of carbonyl (C=O) groups is 2. The first-order valence-corrected chi connectivity index (χ1v) is 6.13. The highest BCUT2D eigenvalue weighted by Crippen LogP contribution is 2.12. The molecule has 0 unspecified atom stereocenters. The van der Waals surface area contributed by atoms with Gasteiger partial charge in [0.1, 0.15) is 0 Å². The SMILES string of the molecule is CCN(C(=O)C(=O)NCCOCCO)C(C)(C)C. The molecule has 106 valence electrons. The number of likely N-dealkylation sites (N-methyl/N-ethyl adjacent to an activating group) is 1. The smallest absolute Gasteiger partial charge is 0.312 e. The normalized spacial score (nSPS) is 11.2.